The van der Waals surface area contributed by atoms with E-state index in [-0.39, 0.29) is 11.8 Å². The molecule has 0 saturated carbocycles. The fourth-order valence-corrected chi connectivity index (χ4v) is 1.96. The number of nitrogens with two attached hydrogens (primary N) is 1. The zero-order chi connectivity index (χ0) is 16.0. The number of anilines is 1. The molecule has 0 spiro atoms. The number of nitrogens with one attached hydrogen (secondary N) is 1. The zero-order valence-electron chi connectivity index (χ0n) is 13.3. The Balaban J connectivity index is 2.82. The Kier molecular flexibility index (Phi) is 5.90. The molecule has 21 heavy (non-hydrogen) atoms. The second-order valence-corrected chi connectivity index (χ2v) is 5.39. The van der Waals surface area contributed by atoms with Gasteiger partial charge in [-0.05, 0) is 30.5 Å². The summed E-state index contributed by atoms with van der Waals surface area (Å²) >= 11 is 0. The van der Waals surface area contributed by atoms with Crippen molar-refractivity contribution in [3.63, 3.8) is 0 Å². The molecule has 0 fully saturated rings. The summed E-state index contributed by atoms with van der Waals surface area (Å²) < 4.78 is 0. The summed E-state index contributed by atoms with van der Waals surface area (Å²) in [5, 5.41) is 2.86. The van der Waals surface area contributed by atoms with Gasteiger partial charge in [-0.1, -0.05) is 26.0 Å². The number of benzene rings is 1. The van der Waals surface area contributed by atoms with Gasteiger partial charge in [0.25, 0.3) is 0 Å². The number of amides is 2. The van der Waals surface area contributed by atoms with Crippen LogP contribution in [0.2, 0.25) is 0 Å². The van der Waals surface area contributed by atoms with Crippen molar-refractivity contribution in [2.24, 2.45) is 5.73 Å². The molecule has 1 rings (SSSR count). The van der Waals surface area contributed by atoms with Crippen molar-refractivity contribution >= 4 is 17.5 Å². The summed E-state index contributed by atoms with van der Waals surface area (Å²) in [5.41, 5.74) is 6.90. The number of carbonyl (C=O) groups is 2. The average Bonchev–Trinajstić information content (AvgIpc) is 2.46. The average molecular weight is 291 g/mol. The topological polar surface area (TPSA) is 75.4 Å². The molecule has 0 unspecified atom stereocenters. The summed E-state index contributed by atoms with van der Waals surface area (Å²) in [6.45, 7) is 5.84. The smallest absolute Gasteiger partial charge is 0.244 e. The molecule has 0 heterocycles. The van der Waals surface area contributed by atoms with Gasteiger partial charge in [0.15, 0.2) is 0 Å². The lowest BCUT2D eigenvalue weighted by Crippen LogP contribution is -2.50. The third-order valence-electron chi connectivity index (χ3n) is 3.86. The second kappa shape index (κ2) is 7.22. The standard InChI is InChI=1S/C16H25N3O2/c1-5-16(17,6-2)15(21)18-14-9-7-8-13(10-14)11-19(4)12(3)20/h7-10H,5-6,11,17H2,1-4H3,(H,18,21). The Morgan fingerprint density at radius 3 is 2.43 bits per heavy atom. The van der Waals surface area contributed by atoms with Crippen LogP contribution in [0.3, 0.4) is 0 Å². The van der Waals surface area contributed by atoms with Crippen LogP contribution in [-0.2, 0) is 16.1 Å². The Hall–Kier alpha value is -1.88. The molecule has 0 bridgehead atoms. The van der Waals surface area contributed by atoms with Crippen molar-refractivity contribution in [3.05, 3.63) is 29.8 Å². The van der Waals surface area contributed by atoms with E-state index in [9.17, 15) is 9.59 Å². The van der Waals surface area contributed by atoms with E-state index in [1.165, 1.54) is 6.92 Å². The Labute approximate surface area is 126 Å². The highest BCUT2D eigenvalue weighted by Crippen LogP contribution is 2.17. The molecule has 1 aromatic carbocycles. The van der Waals surface area contributed by atoms with Crippen LogP contribution in [-0.4, -0.2) is 29.3 Å². The number of rotatable bonds is 6. The fraction of sp³-hybridized carbons (Fsp3) is 0.500. The molecule has 1 aromatic rings. The Bertz CT molecular complexity index is 510. The second-order valence-electron chi connectivity index (χ2n) is 5.39. The lowest BCUT2D eigenvalue weighted by atomic mass is 9.93. The van der Waals surface area contributed by atoms with Crippen molar-refractivity contribution in [1.29, 1.82) is 0 Å². The van der Waals surface area contributed by atoms with E-state index in [0.29, 0.717) is 25.1 Å². The van der Waals surface area contributed by atoms with Crippen molar-refractivity contribution in [2.75, 3.05) is 12.4 Å². The highest BCUT2D eigenvalue weighted by Gasteiger charge is 2.29. The van der Waals surface area contributed by atoms with E-state index in [2.05, 4.69) is 5.32 Å². The highest BCUT2D eigenvalue weighted by atomic mass is 16.2. The third-order valence-corrected chi connectivity index (χ3v) is 3.86. The van der Waals surface area contributed by atoms with Crippen molar-refractivity contribution in [1.82, 2.24) is 4.90 Å². The molecule has 0 aliphatic rings. The number of nitrogens with zero attached hydrogens (tertiary/aromatic N) is 1. The molecule has 0 atom stereocenters. The Morgan fingerprint density at radius 1 is 1.29 bits per heavy atom. The van der Waals surface area contributed by atoms with Gasteiger partial charge in [0.05, 0.1) is 5.54 Å². The summed E-state index contributed by atoms with van der Waals surface area (Å²) in [5.74, 6) is -0.174. The van der Waals surface area contributed by atoms with Gasteiger partial charge in [0.1, 0.15) is 0 Å². The SMILES string of the molecule is CCC(N)(CC)C(=O)Nc1cccc(CN(C)C(C)=O)c1. The van der Waals surface area contributed by atoms with Crippen LogP contribution in [0.4, 0.5) is 5.69 Å². The number of carbonyl (C=O) groups excluding carboxylic acids is 2. The number of hydrogen-bond donors (Lipinski definition) is 2. The fourth-order valence-electron chi connectivity index (χ4n) is 1.96. The molecular weight excluding hydrogens is 266 g/mol. The van der Waals surface area contributed by atoms with E-state index in [0.717, 1.165) is 5.56 Å². The van der Waals surface area contributed by atoms with Crippen molar-refractivity contribution in [2.45, 2.75) is 45.7 Å². The maximum absolute atomic E-state index is 12.2. The third kappa shape index (κ3) is 4.56. The van der Waals surface area contributed by atoms with Gasteiger partial charge >= 0.3 is 0 Å². The summed E-state index contributed by atoms with van der Waals surface area (Å²) in [6.07, 6.45) is 1.17. The van der Waals surface area contributed by atoms with Crippen LogP contribution in [0.1, 0.15) is 39.2 Å². The van der Waals surface area contributed by atoms with Crippen LogP contribution >= 0.6 is 0 Å². The maximum Gasteiger partial charge on any atom is 0.244 e. The van der Waals surface area contributed by atoms with Crippen LogP contribution in [0.5, 0.6) is 0 Å². The molecule has 0 saturated heterocycles. The van der Waals surface area contributed by atoms with E-state index in [4.69, 9.17) is 5.73 Å². The van der Waals surface area contributed by atoms with Gasteiger partial charge in [-0.3, -0.25) is 9.59 Å². The van der Waals surface area contributed by atoms with Gasteiger partial charge in [-0.25, -0.2) is 0 Å². The predicted octanol–water partition coefficient (Wildman–Crippen LogP) is 2.12. The van der Waals surface area contributed by atoms with Crippen LogP contribution in [0, 0.1) is 0 Å². The van der Waals surface area contributed by atoms with Crippen LogP contribution in [0.15, 0.2) is 24.3 Å². The van der Waals surface area contributed by atoms with Gasteiger partial charge in [-0.15, -0.1) is 0 Å². The Morgan fingerprint density at radius 2 is 1.90 bits per heavy atom. The predicted molar refractivity (Wildman–Crippen MR) is 84.7 cm³/mol. The molecule has 0 aliphatic heterocycles. The molecule has 5 nitrogen and oxygen atoms in total. The zero-order valence-corrected chi connectivity index (χ0v) is 13.3. The minimum Gasteiger partial charge on any atom is -0.342 e. The van der Waals surface area contributed by atoms with E-state index < -0.39 is 5.54 Å². The summed E-state index contributed by atoms with van der Waals surface area (Å²) in [4.78, 5) is 25.1. The molecule has 0 aliphatic carbocycles. The minimum atomic E-state index is -0.841. The molecule has 0 aromatic heterocycles. The quantitative estimate of drug-likeness (QED) is 0.843. The van der Waals surface area contributed by atoms with E-state index in [1.807, 2.05) is 38.1 Å². The van der Waals surface area contributed by atoms with Gasteiger partial charge < -0.3 is 16.0 Å². The van der Waals surface area contributed by atoms with E-state index >= 15 is 0 Å². The summed E-state index contributed by atoms with van der Waals surface area (Å²) in [7, 11) is 1.74. The molecule has 2 amide bonds. The number of hydrogen-bond acceptors (Lipinski definition) is 3. The van der Waals surface area contributed by atoms with Crippen molar-refractivity contribution in [3.8, 4) is 0 Å². The molecule has 3 N–H and O–H groups in total. The normalized spacial score (nSPS) is 11.1. The van der Waals surface area contributed by atoms with Crippen LogP contribution < -0.4 is 11.1 Å². The first-order valence-corrected chi connectivity index (χ1v) is 7.23. The van der Waals surface area contributed by atoms with Crippen LogP contribution in [0.25, 0.3) is 0 Å². The minimum absolute atomic E-state index is 0.00220. The monoisotopic (exact) mass is 291 g/mol. The van der Waals surface area contributed by atoms with Gasteiger partial charge in [0.2, 0.25) is 11.8 Å². The lowest BCUT2D eigenvalue weighted by Gasteiger charge is -2.25. The molecule has 5 heteroatoms. The van der Waals surface area contributed by atoms with Crippen molar-refractivity contribution < 1.29 is 9.59 Å². The first-order valence-electron chi connectivity index (χ1n) is 7.23. The van der Waals surface area contributed by atoms with E-state index in [1.54, 1.807) is 11.9 Å². The maximum atomic E-state index is 12.2. The molecule has 116 valence electrons. The highest BCUT2D eigenvalue weighted by molar-refractivity contribution is 5.97. The molecule has 0 radical (unpaired) electrons. The lowest BCUT2D eigenvalue weighted by molar-refractivity contribution is -0.128. The van der Waals surface area contributed by atoms with Gasteiger partial charge in [-0.2, -0.15) is 0 Å². The first-order chi connectivity index (χ1) is 9.82. The van der Waals surface area contributed by atoms with Gasteiger partial charge in [0, 0.05) is 26.2 Å². The summed E-state index contributed by atoms with van der Waals surface area (Å²) in [6, 6.07) is 7.46. The first kappa shape index (κ1) is 17.2. The largest absolute Gasteiger partial charge is 0.342 e. The molecular formula is C16H25N3O2.